The van der Waals surface area contributed by atoms with Gasteiger partial charge in [-0.15, -0.1) is 11.3 Å². The third-order valence-corrected chi connectivity index (χ3v) is 8.00. The first kappa shape index (κ1) is 23.5. The third kappa shape index (κ3) is 4.56. The number of aryl methyl sites for hydroxylation is 2. The molecule has 33 heavy (non-hydrogen) atoms. The molecule has 1 N–H and O–H groups in total. The molecule has 7 nitrogen and oxygen atoms in total. The van der Waals surface area contributed by atoms with Crippen molar-refractivity contribution in [3.63, 3.8) is 0 Å². The highest BCUT2D eigenvalue weighted by atomic mass is 32.2. The van der Waals surface area contributed by atoms with Crippen molar-refractivity contribution in [1.29, 1.82) is 0 Å². The van der Waals surface area contributed by atoms with Crippen molar-refractivity contribution in [3.8, 4) is 0 Å². The molecular weight excluding hydrogens is 456 g/mol. The number of nitrogens with zero attached hydrogens (tertiary/aromatic N) is 3. The van der Waals surface area contributed by atoms with E-state index in [1.807, 2.05) is 39.0 Å². The lowest BCUT2D eigenvalue weighted by Crippen LogP contribution is -2.40. The van der Waals surface area contributed by atoms with Crippen LogP contribution in [0, 0.1) is 13.8 Å². The number of nitrogens with one attached hydrogen (secondary N) is 1. The first-order valence-electron chi connectivity index (χ1n) is 11.2. The summed E-state index contributed by atoms with van der Waals surface area (Å²) in [6.07, 6.45) is 2.05. The number of thiophene rings is 1. The second-order valence-corrected chi connectivity index (χ2v) is 10.5. The minimum Gasteiger partial charge on any atom is -0.324 e. The van der Waals surface area contributed by atoms with Crippen molar-refractivity contribution in [2.24, 2.45) is 0 Å². The summed E-state index contributed by atoms with van der Waals surface area (Å²) in [6, 6.07) is 7.07. The Morgan fingerprint density at radius 2 is 2.03 bits per heavy atom. The number of carbonyl (C=O) groups is 2. The molecule has 1 aromatic carbocycles. The molecule has 0 saturated carbocycles. The average Bonchev–Trinajstić information content (AvgIpc) is 2.98. The monoisotopic (exact) mass is 484 g/mol. The summed E-state index contributed by atoms with van der Waals surface area (Å²) in [5, 5.41) is 4.14. The number of para-hydroxylation sites is 2. The Labute approximate surface area is 201 Å². The van der Waals surface area contributed by atoms with Gasteiger partial charge in [-0.2, -0.15) is 0 Å². The van der Waals surface area contributed by atoms with E-state index in [4.69, 9.17) is 4.98 Å². The fraction of sp³-hybridized carbons (Fsp3) is 0.417. The number of hydrogen-bond acceptors (Lipinski definition) is 6. The molecule has 0 spiro atoms. The SMILES string of the molecule is CCCCn1c(SCC(=O)N2c3ccccc3NC(=O)CC2C)nc2sc(C)c(C)c2c1=O. The second kappa shape index (κ2) is 9.69. The van der Waals surface area contributed by atoms with E-state index in [2.05, 4.69) is 12.2 Å². The zero-order chi connectivity index (χ0) is 23.7. The molecule has 3 aromatic rings. The first-order valence-corrected chi connectivity index (χ1v) is 13.0. The maximum atomic E-state index is 13.4. The van der Waals surface area contributed by atoms with Gasteiger partial charge >= 0.3 is 0 Å². The molecule has 1 aliphatic heterocycles. The number of thioether (sulfide) groups is 1. The molecule has 3 heterocycles. The van der Waals surface area contributed by atoms with E-state index in [1.54, 1.807) is 15.5 Å². The molecule has 1 unspecified atom stereocenters. The Bertz CT molecular complexity index is 1280. The molecule has 0 aliphatic carbocycles. The Morgan fingerprint density at radius 1 is 1.27 bits per heavy atom. The molecular formula is C24H28N4O3S2. The number of fused-ring (bicyclic) bond motifs is 2. The smallest absolute Gasteiger partial charge is 0.263 e. The molecule has 9 heteroatoms. The van der Waals surface area contributed by atoms with Crippen LogP contribution in [0.25, 0.3) is 10.2 Å². The number of aromatic nitrogens is 2. The van der Waals surface area contributed by atoms with E-state index in [0.29, 0.717) is 28.5 Å². The standard InChI is InChI=1S/C24H28N4O3S2/c1-5-6-11-27-23(31)21-15(3)16(4)33-22(21)26-24(27)32-13-20(30)28-14(2)12-19(29)25-17-9-7-8-10-18(17)28/h7-10,14H,5-6,11-13H2,1-4H3,(H,25,29). The molecule has 174 valence electrons. The van der Waals surface area contributed by atoms with E-state index in [1.165, 1.54) is 23.1 Å². The second-order valence-electron chi connectivity index (χ2n) is 8.34. The van der Waals surface area contributed by atoms with Gasteiger partial charge in [-0.05, 0) is 44.9 Å². The predicted molar refractivity (Wildman–Crippen MR) is 136 cm³/mol. The summed E-state index contributed by atoms with van der Waals surface area (Å²) >= 11 is 2.81. The lowest BCUT2D eigenvalue weighted by atomic mass is 10.2. The van der Waals surface area contributed by atoms with Gasteiger partial charge in [0, 0.05) is 23.9 Å². The predicted octanol–water partition coefficient (Wildman–Crippen LogP) is 4.73. The molecule has 2 amide bonds. The van der Waals surface area contributed by atoms with Crippen LogP contribution in [0.4, 0.5) is 11.4 Å². The first-order chi connectivity index (χ1) is 15.8. The van der Waals surface area contributed by atoms with E-state index in [9.17, 15) is 14.4 Å². The lowest BCUT2D eigenvalue weighted by Gasteiger charge is -2.27. The summed E-state index contributed by atoms with van der Waals surface area (Å²) in [6.45, 7) is 8.50. The lowest BCUT2D eigenvalue weighted by molar-refractivity contribution is -0.117. The quantitative estimate of drug-likeness (QED) is 0.404. The molecule has 4 rings (SSSR count). The summed E-state index contributed by atoms with van der Waals surface area (Å²) in [7, 11) is 0. The number of anilines is 2. The van der Waals surface area contributed by atoms with Gasteiger partial charge in [-0.25, -0.2) is 4.98 Å². The van der Waals surface area contributed by atoms with Crippen LogP contribution in [0.1, 0.15) is 43.6 Å². The van der Waals surface area contributed by atoms with Crippen LogP contribution in [-0.4, -0.2) is 33.2 Å². The van der Waals surface area contributed by atoms with Crippen molar-refractivity contribution in [3.05, 3.63) is 45.1 Å². The minimum absolute atomic E-state index is 0.0338. The fourth-order valence-electron chi connectivity index (χ4n) is 4.10. The van der Waals surface area contributed by atoms with Crippen molar-refractivity contribution in [2.45, 2.75) is 64.7 Å². The van der Waals surface area contributed by atoms with E-state index < -0.39 is 0 Å². The molecule has 0 radical (unpaired) electrons. The molecule has 0 bridgehead atoms. The zero-order valence-electron chi connectivity index (χ0n) is 19.3. The number of carbonyl (C=O) groups excluding carboxylic acids is 2. The fourth-order valence-corrected chi connectivity index (χ4v) is 6.05. The van der Waals surface area contributed by atoms with Gasteiger partial charge in [0.1, 0.15) is 4.83 Å². The van der Waals surface area contributed by atoms with Crippen LogP contribution in [0.3, 0.4) is 0 Å². The van der Waals surface area contributed by atoms with Crippen LogP contribution >= 0.6 is 23.1 Å². The highest BCUT2D eigenvalue weighted by molar-refractivity contribution is 7.99. The number of hydrogen-bond donors (Lipinski definition) is 1. The van der Waals surface area contributed by atoms with Crippen molar-refractivity contribution in [2.75, 3.05) is 16.0 Å². The Morgan fingerprint density at radius 3 is 2.79 bits per heavy atom. The van der Waals surface area contributed by atoms with Gasteiger partial charge < -0.3 is 10.2 Å². The third-order valence-electron chi connectivity index (χ3n) is 5.94. The van der Waals surface area contributed by atoms with Crippen LogP contribution in [0.5, 0.6) is 0 Å². The van der Waals surface area contributed by atoms with E-state index >= 15 is 0 Å². The van der Waals surface area contributed by atoms with Crippen LogP contribution in [0.2, 0.25) is 0 Å². The maximum absolute atomic E-state index is 13.4. The van der Waals surface area contributed by atoms with Crippen LogP contribution < -0.4 is 15.8 Å². The van der Waals surface area contributed by atoms with E-state index in [-0.39, 0.29) is 35.6 Å². The zero-order valence-corrected chi connectivity index (χ0v) is 20.9. The number of benzene rings is 1. The Hall–Kier alpha value is -2.65. The van der Waals surface area contributed by atoms with Gasteiger partial charge in [0.2, 0.25) is 11.8 Å². The van der Waals surface area contributed by atoms with E-state index in [0.717, 1.165) is 28.1 Å². The van der Waals surface area contributed by atoms with Gasteiger partial charge in [0.05, 0.1) is 22.5 Å². The summed E-state index contributed by atoms with van der Waals surface area (Å²) < 4.78 is 1.72. The van der Waals surface area contributed by atoms with Gasteiger partial charge in [0.25, 0.3) is 5.56 Å². The number of rotatable bonds is 6. The van der Waals surface area contributed by atoms with Gasteiger partial charge in [0.15, 0.2) is 5.16 Å². The highest BCUT2D eigenvalue weighted by Gasteiger charge is 2.30. The summed E-state index contributed by atoms with van der Waals surface area (Å²) in [5.41, 5.74) is 2.28. The molecule has 2 aromatic heterocycles. The topological polar surface area (TPSA) is 84.3 Å². The van der Waals surface area contributed by atoms with Gasteiger partial charge in [-0.3, -0.25) is 19.0 Å². The van der Waals surface area contributed by atoms with Crippen molar-refractivity contribution < 1.29 is 9.59 Å². The highest BCUT2D eigenvalue weighted by Crippen LogP contribution is 2.33. The van der Waals surface area contributed by atoms with Gasteiger partial charge in [-0.1, -0.05) is 37.2 Å². The van der Waals surface area contributed by atoms with Crippen molar-refractivity contribution >= 4 is 56.5 Å². The molecule has 1 aliphatic rings. The van der Waals surface area contributed by atoms with Crippen molar-refractivity contribution in [1.82, 2.24) is 9.55 Å². The van der Waals surface area contributed by atoms with Crippen LogP contribution in [0.15, 0.2) is 34.2 Å². The Kier molecular flexibility index (Phi) is 6.90. The summed E-state index contributed by atoms with van der Waals surface area (Å²) in [4.78, 5) is 47.2. The summed E-state index contributed by atoms with van der Waals surface area (Å²) in [5.74, 6) is -0.103. The normalized spacial score (nSPS) is 15.9. The molecule has 1 atom stereocenters. The minimum atomic E-state index is -0.276. The number of unbranched alkanes of at least 4 members (excludes halogenated alkanes) is 1. The molecule has 0 saturated heterocycles. The molecule has 0 fully saturated rings. The largest absolute Gasteiger partial charge is 0.324 e. The average molecular weight is 485 g/mol. The maximum Gasteiger partial charge on any atom is 0.263 e. The van der Waals surface area contributed by atoms with Crippen LogP contribution in [-0.2, 0) is 16.1 Å². The Balaban J connectivity index is 1.66. The number of amides is 2.